The number of carbonyl (C=O) groups is 1. The van der Waals surface area contributed by atoms with Crippen LogP contribution in [0, 0.1) is 5.92 Å². The Morgan fingerprint density at radius 1 is 1.16 bits per heavy atom. The lowest BCUT2D eigenvalue weighted by atomic mass is 9.73. The molecule has 0 aromatic heterocycles. The minimum Gasteiger partial charge on any atom is -0.463 e. The number of nitrogens with zero attached hydrogens (tertiary/aromatic N) is 1. The Labute approximate surface area is 152 Å². The standard InChI is InChI=1S/C21H33NO3/c1-3-22(4-2)16-11-17-25-20(23)21(24,18-12-7-5-8-13-18)19-14-9-6-10-15-19/h5,7-8,12-13,19,24H,3-4,6,9-11,14-17H2,1-2H3/t21-/m0/s1. The predicted molar refractivity (Wildman–Crippen MR) is 100 cm³/mol. The van der Waals surface area contributed by atoms with Crippen molar-refractivity contribution < 1.29 is 14.6 Å². The predicted octanol–water partition coefficient (Wildman–Crippen LogP) is 3.73. The van der Waals surface area contributed by atoms with Crippen LogP contribution in [0.2, 0.25) is 0 Å². The lowest BCUT2D eigenvalue weighted by Gasteiger charge is -2.36. The van der Waals surface area contributed by atoms with E-state index in [1.165, 1.54) is 6.42 Å². The summed E-state index contributed by atoms with van der Waals surface area (Å²) in [5.74, 6) is -0.538. The molecule has 2 rings (SSSR count). The van der Waals surface area contributed by atoms with Gasteiger partial charge in [0.05, 0.1) is 6.61 Å². The first-order valence-electron chi connectivity index (χ1n) is 9.80. The summed E-state index contributed by atoms with van der Waals surface area (Å²) < 4.78 is 5.54. The van der Waals surface area contributed by atoms with E-state index in [1.807, 2.05) is 30.3 Å². The molecule has 0 heterocycles. The molecule has 140 valence electrons. The van der Waals surface area contributed by atoms with E-state index in [0.717, 1.165) is 51.7 Å². The van der Waals surface area contributed by atoms with Crippen LogP contribution in [0.25, 0.3) is 0 Å². The van der Waals surface area contributed by atoms with E-state index in [9.17, 15) is 9.90 Å². The van der Waals surface area contributed by atoms with Crippen molar-refractivity contribution in [3.63, 3.8) is 0 Å². The molecule has 1 aromatic rings. The third kappa shape index (κ3) is 5.05. The molecule has 1 fully saturated rings. The molecule has 1 aliphatic rings. The van der Waals surface area contributed by atoms with Gasteiger partial charge in [-0.2, -0.15) is 0 Å². The number of ether oxygens (including phenoxy) is 1. The van der Waals surface area contributed by atoms with Crippen LogP contribution in [0.1, 0.15) is 57.9 Å². The zero-order valence-electron chi connectivity index (χ0n) is 15.7. The zero-order chi connectivity index (χ0) is 18.1. The Morgan fingerprint density at radius 2 is 1.80 bits per heavy atom. The van der Waals surface area contributed by atoms with Crippen molar-refractivity contribution in [2.75, 3.05) is 26.2 Å². The van der Waals surface area contributed by atoms with Gasteiger partial charge < -0.3 is 14.7 Å². The van der Waals surface area contributed by atoms with E-state index < -0.39 is 11.6 Å². The van der Waals surface area contributed by atoms with Gasteiger partial charge in [-0.15, -0.1) is 0 Å². The van der Waals surface area contributed by atoms with Crippen LogP contribution in [-0.2, 0) is 15.1 Å². The fourth-order valence-electron chi connectivity index (χ4n) is 3.84. The SMILES string of the molecule is CCN(CC)CCCOC(=O)[C@](O)(c1ccccc1)C1CCCCC1. The summed E-state index contributed by atoms with van der Waals surface area (Å²) in [5.41, 5.74) is -0.854. The normalized spacial score (nSPS) is 18.1. The van der Waals surface area contributed by atoms with E-state index in [0.29, 0.717) is 12.2 Å². The zero-order valence-corrected chi connectivity index (χ0v) is 15.7. The molecule has 0 saturated heterocycles. The second-order valence-corrected chi connectivity index (χ2v) is 6.98. The maximum atomic E-state index is 12.9. The van der Waals surface area contributed by atoms with Crippen molar-refractivity contribution in [1.29, 1.82) is 0 Å². The number of aliphatic hydroxyl groups is 1. The molecule has 0 unspecified atom stereocenters. The maximum absolute atomic E-state index is 12.9. The Bertz CT molecular complexity index is 509. The topological polar surface area (TPSA) is 49.8 Å². The van der Waals surface area contributed by atoms with Crippen molar-refractivity contribution in [2.24, 2.45) is 5.92 Å². The second-order valence-electron chi connectivity index (χ2n) is 6.98. The average molecular weight is 347 g/mol. The molecule has 1 saturated carbocycles. The van der Waals surface area contributed by atoms with E-state index in [1.54, 1.807) is 0 Å². The number of carbonyl (C=O) groups excluding carboxylic acids is 1. The number of benzene rings is 1. The van der Waals surface area contributed by atoms with E-state index in [2.05, 4.69) is 18.7 Å². The molecule has 0 radical (unpaired) electrons. The molecule has 1 aromatic carbocycles. The Morgan fingerprint density at radius 3 is 2.40 bits per heavy atom. The van der Waals surface area contributed by atoms with Crippen LogP contribution >= 0.6 is 0 Å². The monoisotopic (exact) mass is 347 g/mol. The third-order valence-corrected chi connectivity index (χ3v) is 5.47. The van der Waals surface area contributed by atoms with Crippen LogP contribution < -0.4 is 0 Å². The number of rotatable bonds is 9. The van der Waals surface area contributed by atoms with Gasteiger partial charge in [0.2, 0.25) is 0 Å². The Balaban J connectivity index is 2.03. The fraction of sp³-hybridized carbons (Fsp3) is 0.667. The molecule has 0 spiro atoms. The summed E-state index contributed by atoms with van der Waals surface area (Å²) in [6.07, 6.45) is 5.85. The largest absolute Gasteiger partial charge is 0.463 e. The third-order valence-electron chi connectivity index (χ3n) is 5.47. The van der Waals surface area contributed by atoms with Crippen LogP contribution in [0.4, 0.5) is 0 Å². The van der Waals surface area contributed by atoms with Gasteiger partial charge in [0.25, 0.3) is 0 Å². The van der Waals surface area contributed by atoms with Crippen LogP contribution in [0.15, 0.2) is 30.3 Å². The summed E-state index contributed by atoms with van der Waals surface area (Å²) in [4.78, 5) is 15.2. The highest BCUT2D eigenvalue weighted by molar-refractivity contribution is 5.81. The average Bonchev–Trinajstić information content (AvgIpc) is 2.68. The van der Waals surface area contributed by atoms with Crippen molar-refractivity contribution in [2.45, 2.75) is 58.0 Å². The molecule has 4 heteroatoms. The molecule has 1 N–H and O–H groups in total. The van der Waals surface area contributed by atoms with Crippen molar-refractivity contribution in [3.8, 4) is 0 Å². The molecule has 0 aliphatic heterocycles. The first kappa shape index (κ1) is 19.9. The summed E-state index contributed by atoms with van der Waals surface area (Å²) in [6, 6.07) is 9.32. The number of hydrogen-bond donors (Lipinski definition) is 1. The van der Waals surface area contributed by atoms with E-state index in [-0.39, 0.29) is 5.92 Å². The summed E-state index contributed by atoms with van der Waals surface area (Å²) in [7, 11) is 0. The van der Waals surface area contributed by atoms with E-state index >= 15 is 0 Å². The van der Waals surface area contributed by atoms with E-state index in [4.69, 9.17) is 4.74 Å². The van der Waals surface area contributed by atoms with Gasteiger partial charge in [0.1, 0.15) is 0 Å². The van der Waals surface area contributed by atoms with Gasteiger partial charge in [-0.05, 0) is 37.9 Å². The molecule has 1 aliphatic carbocycles. The lowest BCUT2D eigenvalue weighted by molar-refractivity contribution is -0.175. The van der Waals surface area contributed by atoms with Crippen LogP contribution in [0.5, 0.6) is 0 Å². The highest BCUT2D eigenvalue weighted by atomic mass is 16.5. The van der Waals surface area contributed by atoms with Gasteiger partial charge in [0.15, 0.2) is 5.60 Å². The second kappa shape index (κ2) is 9.93. The van der Waals surface area contributed by atoms with Crippen molar-refractivity contribution in [1.82, 2.24) is 4.90 Å². The summed E-state index contributed by atoms with van der Waals surface area (Å²) in [5, 5.41) is 11.4. The highest BCUT2D eigenvalue weighted by Crippen LogP contribution is 2.40. The Hall–Kier alpha value is -1.39. The maximum Gasteiger partial charge on any atom is 0.343 e. The lowest BCUT2D eigenvalue weighted by Crippen LogP contribution is -2.45. The molecule has 4 nitrogen and oxygen atoms in total. The van der Waals surface area contributed by atoms with Gasteiger partial charge in [-0.1, -0.05) is 63.4 Å². The first-order chi connectivity index (χ1) is 12.1. The van der Waals surface area contributed by atoms with Gasteiger partial charge in [-0.3, -0.25) is 0 Å². The molecule has 0 bridgehead atoms. The molecular weight excluding hydrogens is 314 g/mol. The fourth-order valence-corrected chi connectivity index (χ4v) is 3.84. The smallest absolute Gasteiger partial charge is 0.343 e. The Kier molecular flexibility index (Phi) is 7.91. The minimum absolute atomic E-state index is 0.0565. The van der Waals surface area contributed by atoms with Gasteiger partial charge in [0, 0.05) is 12.5 Å². The summed E-state index contributed by atoms with van der Waals surface area (Å²) >= 11 is 0. The summed E-state index contributed by atoms with van der Waals surface area (Å²) in [6.45, 7) is 7.53. The number of hydrogen-bond acceptors (Lipinski definition) is 4. The number of esters is 1. The van der Waals surface area contributed by atoms with Crippen LogP contribution in [0.3, 0.4) is 0 Å². The van der Waals surface area contributed by atoms with Gasteiger partial charge >= 0.3 is 5.97 Å². The van der Waals surface area contributed by atoms with Gasteiger partial charge in [-0.25, -0.2) is 4.79 Å². The molecule has 1 atom stereocenters. The van der Waals surface area contributed by atoms with Crippen molar-refractivity contribution in [3.05, 3.63) is 35.9 Å². The highest BCUT2D eigenvalue weighted by Gasteiger charge is 2.46. The molecule has 25 heavy (non-hydrogen) atoms. The van der Waals surface area contributed by atoms with Crippen molar-refractivity contribution >= 4 is 5.97 Å². The quantitative estimate of drug-likeness (QED) is 0.546. The van der Waals surface area contributed by atoms with Crippen LogP contribution in [-0.4, -0.2) is 42.2 Å². The molecule has 0 amide bonds. The molecular formula is C21H33NO3. The first-order valence-corrected chi connectivity index (χ1v) is 9.80. The minimum atomic E-state index is -1.52.